The summed E-state index contributed by atoms with van der Waals surface area (Å²) in [5.74, 6) is -0.647. The zero-order valence-electron chi connectivity index (χ0n) is 18.2. The van der Waals surface area contributed by atoms with Crippen LogP contribution in [-0.4, -0.2) is 16.8 Å². The monoisotopic (exact) mass is 477 g/mol. The molecule has 4 nitrogen and oxygen atoms in total. The van der Waals surface area contributed by atoms with E-state index in [1.807, 2.05) is 6.08 Å². The second-order valence-corrected chi connectivity index (χ2v) is 8.92. The van der Waals surface area contributed by atoms with Crippen molar-refractivity contribution in [3.63, 3.8) is 0 Å². The van der Waals surface area contributed by atoms with E-state index in [9.17, 15) is 13.6 Å². The molecule has 5 rings (SSSR count). The SMILES string of the molecule is O=C(Nc1ccc(Cl)cc1)N1N=C2/C(=C\c3ccc(F)cc3)CCCC2C1c1ccc(F)cc1. The molecule has 0 bridgehead atoms. The second-order valence-electron chi connectivity index (χ2n) is 8.48. The highest BCUT2D eigenvalue weighted by molar-refractivity contribution is 6.30. The van der Waals surface area contributed by atoms with Gasteiger partial charge in [0.25, 0.3) is 0 Å². The molecule has 0 aromatic heterocycles. The molecular weight excluding hydrogens is 456 g/mol. The third-order valence-corrected chi connectivity index (χ3v) is 6.48. The van der Waals surface area contributed by atoms with Crippen LogP contribution in [0.15, 0.2) is 83.5 Å². The maximum absolute atomic E-state index is 13.6. The van der Waals surface area contributed by atoms with Crippen LogP contribution in [-0.2, 0) is 0 Å². The van der Waals surface area contributed by atoms with E-state index in [1.54, 1.807) is 48.5 Å². The summed E-state index contributed by atoms with van der Waals surface area (Å²) in [5, 5.41) is 9.70. The molecule has 34 heavy (non-hydrogen) atoms. The van der Waals surface area contributed by atoms with Gasteiger partial charge in [-0.1, -0.05) is 35.9 Å². The highest BCUT2D eigenvalue weighted by atomic mass is 35.5. The number of halogens is 3. The first-order chi connectivity index (χ1) is 16.5. The van der Waals surface area contributed by atoms with E-state index in [4.69, 9.17) is 16.7 Å². The van der Waals surface area contributed by atoms with Crippen LogP contribution >= 0.6 is 11.6 Å². The number of fused-ring (bicyclic) bond motifs is 1. The van der Waals surface area contributed by atoms with Crippen molar-refractivity contribution >= 4 is 35.1 Å². The molecule has 1 aliphatic carbocycles. The van der Waals surface area contributed by atoms with Gasteiger partial charge in [-0.05, 0) is 90.6 Å². The molecule has 2 unspecified atom stereocenters. The van der Waals surface area contributed by atoms with E-state index in [0.29, 0.717) is 10.7 Å². The van der Waals surface area contributed by atoms with E-state index in [1.165, 1.54) is 29.3 Å². The van der Waals surface area contributed by atoms with Crippen LogP contribution < -0.4 is 5.32 Å². The van der Waals surface area contributed by atoms with Crippen molar-refractivity contribution in [1.29, 1.82) is 0 Å². The van der Waals surface area contributed by atoms with E-state index in [0.717, 1.165) is 41.7 Å². The number of urea groups is 1. The summed E-state index contributed by atoms with van der Waals surface area (Å²) in [6.45, 7) is 0. The number of hydrazone groups is 1. The molecule has 1 saturated carbocycles. The molecule has 2 aliphatic rings. The summed E-state index contributed by atoms with van der Waals surface area (Å²) >= 11 is 5.96. The van der Waals surface area contributed by atoms with Crippen molar-refractivity contribution in [2.45, 2.75) is 25.3 Å². The number of amides is 2. The molecule has 0 spiro atoms. The molecule has 2 atom stereocenters. The Hall–Kier alpha value is -3.51. The van der Waals surface area contributed by atoms with Gasteiger partial charge in [0.1, 0.15) is 11.6 Å². The smallest absolute Gasteiger partial charge is 0.306 e. The average molecular weight is 478 g/mol. The molecule has 0 radical (unpaired) electrons. The molecular formula is C27H22ClF2N3O. The number of hydrogen-bond acceptors (Lipinski definition) is 2. The largest absolute Gasteiger partial charge is 0.342 e. The van der Waals surface area contributed by atoms with Gasteiger partial charge < -0.3 is 5.32 Å². The fourth-order valence-electron chi connectivity index (χ4n) is 4.64. The van der Waals surface area contributed by atoms with E-state index in [-0.39, 0.29) is 29.6 Å². The van der Waals surface area contributed by atoms with Gasteiger partial charge in [0.2, 0.25) is 0 Å². The number of benzene rings is 3. The lowest BCUT2D eigenvalue weighted by Crippen LogP contribution is -2.34. The van der Waals surface area contributed by atoms with Crippen LogP contribution in [0.5, 0.6) is 0 Å². The van der Waals surface area contributed by atoms with Crippen molar-refractivity contribution in [2.75, 3.05) is 5.32 Å². The van der Waals surface area contributed by atoms with Crippen LogP contribution in [0.25, 0.3) is 6.08 Å². The fourth-order valence-corrected chi connectivity index (χ4v) is 4.76. The van der Waals surface area contributed by atoms with E-state index in [2.05, 4.69) is 5.32 Å². The molecule has 1 fully saturated rings. The highest BCUT2D eigenvalue weighted by Gasteiger charge is 2.43. The molecule has 1 N–H and O–H groups in total. The Kier molecular flexibility index (Phi) is 6.16. The molecule has 2 amide bonds. The predicted octanol–water partition coefficient (Wildman–Crippen LogP) is 7.45. The molecule has 0 saturated heterocycles. The van der Waals surface area contributed by atoms with Gasteiger partial charge >= 0.3 is 6.03 Å². The summed E-state index contributed by atoms with van der Waals surface area (Å²) in [6.07, 6.45) is 4.61. The molecule has 3 aromatic carbocycles. The van der Waals surface area contributed by atoms with Gasteiger partial charge in [-0.15, -0.1) is 0 Å². The van der Waals surface area contributed by atoms with Crippen LogP contribution in [0.1, 0.15) is 36.4 Å². The zero-order valence-corrected chi connectivity index (χ0v) is 19.0. The van der Waals surface area contributed by atoms with Crippen LogP contribution in [0, 0.1) is 17.6 Å². The van der Waals surface area contributed by atoms with Crippen LogP contribution in [0.2, 0.25) is 5.02 Å². The van der Waals surface area contributed by atoms with Crippen molar-refractivity contribution in [3.05, 3.63) is 106 Å². The number of nitrogens with one attached hydrogen (secondary N) is 1. The highest BCUT2D eigenvalue weighted by Crippen LogP contribution is 2.44. The summed E-state index contributed by atoms with van der Waals surface area (Å²) in [7, 11) is 0. The molecule has 1 aliphatic heterocycles. The molecule has 3 aromatic rings. The zero-order chi connectivity index (χ0) is 23.7. The van der Waals surface area contributed by atoms with E-state index >= 15 is 0 Å². The number of hydrogen-bond donors (Lipinski definition) is 1. The third kappa shape index (κ3) is 4.59. The van der Waals surface area contributed by atoms with Gasteiger partial charge in [0, 0.05) is 16.6 Å². The van der Waals surface area contributed by atoms with Gasteiger partial charge in [-0.25, -0.2) is 18.6 Å². The number of rotatable bonds is 3. The molecule has 7 heteroatoms. The maximum Gasteiger partial charge on any atom is 0.342 e. The van der Waals surface area contributed by atoms with Crippen LogP contribution in [0.4, 0.5) is 19.3 Å². The minimum Gasteiger partial charge on any atom is -0.306 e. The van der Waals surface area contributed by atoms with E-state index < -0.39 is 0 Å². The minimum absolute atomic E-state index is 0.0260. The van der Waals surface area contributed by atoms with Gasteiger partial charge in [0.05, 0.1) is 11.8 Å². The normalized spacial score (nSPS) is 20.7. The summed E-state index contributed by atoms with van der Waals surface area (Å²) < 4.78 is 27.0. The lowest BCUT2D eigenvalue weighted by molar-refractivity contribution is 0.188. The quantitative estimate of drug-likeness (QED) is 0.418. The van der Waals surface area contributed by atoms with Gasteiger partial charge in [-0.2, -0.15) is 5.10 Å². The molecule has 1 heterocycles. The average Bonchev–Trinajstić information content (AvgIpc) is 3.23. The standard InChI is InChI=1S/C27H22ClF2N3O/c28-20-8-14-23(15-9-20)31-27(34)33-26(18-6-12-22(30)13-7-18)24-3-1-2-19(25(24)32-33)16-17-4-10-21(29)11-5-17/h4-16,24,26H,1-3H2,(H,31,34)/b19-16-. The van der Waals surface area contributed by atoms with Crippen molar-refractivity contribution in [2.24, 2.45) is 11.0 Å². The lowest BCUT2D eigenvalue weighted by atomic mass is 9.77. The first-order valence-electron chi connectivity index (χ1n) is 11.1. The summed E-state index contributed by atoms with van der Waals surface area (Å²) in [5.41, 5.74) is 4.17. The first kappa shape index (κ1) is 22.3. The Morgan fingerprint density at radius 1 is 0.971 bits per heavy atom. The van der Waals surface area contributed by atoms with Gasteiger partial charge in [0.15, 0.2) is 0 Å². The number of carbonyl (C=O) groups excluding carboxylic acids is 1. The number of carbonyl (C=O) groups is 1. The third-order valence-electron chi connectivity index (χ3n) is 6.23. The predicted molar refractivity (Wildman–Crippen MR) is 131 cm³/mol. The van der Waals surface area contributed by atoms with Crippen LogP contribution in [0.3, 0.4) is 0 Å². The summed E-state index contributed by atoms with van der Waals surface area (Å²) in [4.78, 5) is 13.3. The number of nitrogens with zero attached hydrogens (tertiary/aromatic N) is 2. The first-order valence-corrected chi connectivity index (χ1v) is 11.5. The Bertz CT molecular complexity index is 1250. The molecule has 172 valence electrons. The van der Waals surface area contributed by atoms with Gasteiger partial charge in [-0.3, -0.25) is 0 Å². The van der Waals surface area contributed by atoms with Crippen molar-refractivity contribution < 1.29 is 13.6 Å². The minimum atomic E-state index is -0.375. The van der Waals surface area contributed by atoms with Crippen molar-refractivity contribution in [3.8, 4) is 0 Å². The summed E-state index contributed by atoms with van der Waals surface area (Å²) in [6, 6.07) is 18.6. The second kappa shape index (κ2) is 9.39. The Morgan fingerprint density at radius 2 is 1.62 bits per heavy atom. The Balaban J connectivity index is 1.51. The maximum atomic E-state index is 13.6. The topological polar surface area (TPSA) is 44.7 Å². The lowest BCUT2D eigenvalue weighted by Gasteiger charge is -2.29. The number of allylic oxidation sites excluding steroid dienone is 1. The van der Waals surface area contributed by atoms with Crippen molar-refractivity contribution in [1.82, 2.24) is 5.01 Å². The Labute approximate surface area is 201 Å². The Morgan fingerprint density at radius 3 is 2.29 bits per heavy atom. The number of anilines is 1. The fraction of sp³-hybridized carbons (Fsp3) is 0.185.